The molecule has 0 aromatic carbocycles. The van der Waals surface area contributed by atoms with Crippen LogP contribution < -0.4 is 15.4 Å². The fourth-order valence-corrected chi connectivity index (χ4v) is 2.41. The van der Waals surface area contributed by atoms with Crippen LogP contribution in [0, 0.1) is 0 Å². The summed E-state index contributed by atoms with van der Waals surface area (Å²) in [4.78, 5) is 8.52. The van der Waals surface area contributed by atoms with Crippen LogP contribution in [0.15, 0.2) is 29.3 Å². The summed E-state index contributed by atoms with van der Waals surface area (Å²) < 4.78 is 6.93. The molecule has 23 heavy (non-hydrogen) atoms. The van der Waals surface area contributed by atoms with Crippen LogP contribution in [0.5, 0.6) is 5.88 Å². The number of pyridine rings is 1. The van der Waals surface area contributed by atoms with E-state index < -0.39 is 0 Å². The second-order valence-electron chi connectivity index (χ2n) is 4.78. The maximum Gasteiger partial charge on any atom is 0.213 e. The predicted molar refractivity (Wildman–Crippen MR) is 93.3 cm³/mol. The number of guanidine groups is 1. The van der Waals surface area contributed by atoms with E-state index in [0.29, 0.717) is 35.1 Å². The third kappa shape index (κ3) is 4.53. The van der Waals surface area contributed by atoms with Gasteiger partial charge in [0.1, 0.15) is 5.15 Å². The zero-order chi connectivity index (χ0) is 16.8. The number of nitrogens with zero attached hydrogens (tertiary/aromatic N) is 3. The van der Waals surface area contributed by atoms with Crippen LogP contribution >= 0.6 is 23.2 Å². The second-order valence-corrected chi connectivity index (χ2v) is 5.55. The molecule has 0 saturated heterocycles. The van der Waals surface area contributed by atoms with E-state index in [0.717, 1.165) is 11.4 Å². The largest absolute Gasteiger partial charge is 0.481 e. The van der Waals surface area contributed by atoms with Gasteiger partial charge in [-0.15, -0.1) is 0 Å². The van der Waals surface area contributed by atoms with Crippen LogP contribution in [0.3, 0.4) is 0 Å². The van der Waals surface area contributed by atoms with E-state index in [4.69, 9.17) is 27.9 Å². The van der Waals surface area contributed by atoms with Crippen LogP contribution in [0.25, 0.3) is 0 Å². The number of nitrogens with one attached hydrogen (secondary N) is 2. The molecule has 0 aliphatic carbocycles. The van der Waals surface area contributed by atoms with Crippen molar-refractivity contribution >= 4 is 29.2 Å². The Bertz CT molecular complexity index is 699. The fourth-order valence-electron chi connectivity index (χ4n) is 2.00. The van der Waals surface area contributed by atoms with Crippen molar-refractivity contribution in [2.75, 3.05) is 14.2 Å². The van der Waals surface area contributed by atoms with Crippen molar-refractivity contribution < 1.29 is 4.74 Å². The normalized spacial score (nSPS) is 11.4. The molecule has 0 saturated carbocycles. The predicted octanol–water partition coefficient (Wildman–Crippen LogP) is 2.60. The van der Waals surface area contributed by atoms with E-state index in [2.05, 4.69) is 20.6 Å². The number of ether oxygens (including phenoxy) is 1. The quantitative estimate of drug-likeness (QED) is 0.639. The van der Waals surface area contributed by atoms with E-state index in [1.807, 2.05) is 29.8 Å². The summed E-state index contributed by atoms with van der Waals surface area (Å²) in [7, 11) is 5.16. The third-order valence-corrected chi connectivity index (χ3v) is 4.15. The Morgan fingerprint density at radius 3 is 2.65 bits per heavy atom. The number of halogens is 2. The molecule has 0 bridgehead atoms. The monoisotopic (exact) mass is 355 g/mol. The second kappa shape index (κ2) is 8.08. The fraction of sp³-hybridized carbons (Fsp3) is 0.333. The molecule has 0 unspecified atom stereocenters. The number of aromatic nitrogens is 2. The molecule has 6 nitrogen and oxygen atoms in total. The number of aliphatic imine (C=N–C) groups is 1. The minimum atomic E-state index is 0.520. The van der Waals surface area contributed by atoms with Crippen LogP contribution in [0.4, 0.5) is 0 Å². The highest BCUT2D eigenvalue weighted by Gasteiger charge is 2.09. The maximum atomic E-state index is 6.05. The van der Waals surface area contributed by atoms with E-state index in [-0.39, 0.29) is 0 Å². The summed E-state index contributed by atoms with van der Waals surface area (Å²) in [6, 6.07) is 7.44. The van der Waals surface area contributed by atoms with Gasteiger partial charge in [0, 0.05) is 25.9 Å². The Balaban J connectivity index is 1.91. The standard InChI is InChI=1S/C15H19Cl2N5O/c1-18-15(19-8-10-5-4-6-13(21-10)23-3)20-9-11-7-12(16)14(17)22(11)2/h4-7H,8-9H2,1-3H3,(H2,18,19,20). The highest BCUT2D eigenvalue weighted by molar-refractivity contribution is 6.41. The van der Waals surface area contributed by atoms with Gasteiger partial charge in [-0.05, 0) is 12.1 Å². The van der Waals surface area contributed by atoms with Gasteiger partial charge < -0.3 is 19.9 Å². The molecular formula is C15H19Cl2N5O. The van der Waals surface area contributed by atoms with Gasteiger partial charge in [-0.1, -0.05) is 29.3 Å². The minimum absolute atomic E-state index is 0.520. The molecule has 2 aromatic rings. The third-order valence-electron chi connectivity index (χ3n) is 3.30. The molecule has 0 amide bonds. The van der Waals surface area contributed by atoms with Crippen molar-refractivity contribution in [3.63, 3.8) is 0 Å². The molecule has 2 aromatic heterocycles. The first-order valence-corrected chi connectivity index (χ1v) is 7.74. The summed E-state index contributed by atoms with van der Waals surface area (Å²) in [5, 5.41) is 7.46. The zero-order valence-corrected chi connectivity index (χ0v) is 14.7. The van der Waals surface area contributed by atoms with Crippen LogP contribution in [0.2, 0.25) is 10.2 Å². The van der Waals surface area contributed by atoms with Crippen molar-refractivity contribution in [3.8, 4) is 5.88 Å². The van der Waals surface area contributed by atoms with Gasteiger partial charge in [-0.3, -0.25) is 4.99 Å². The average Bonchev–Trinajstić information content (AvgIpc) is 2.82. The smallest absolute Gasteiger partial charge is 0.213 e. The van der Waals surface area contributed by atoms with Crippen LogP contribution in [0.1, 0.15) is 11.4 Å². The van der Waals surface area contributed by atoms with Gasteiger partial charge in [-0.25, -0.2) is 4.98 Å². The van der Waals surface area contributed by atoms with E-state index in [1.165, 1.54) is 0 Å². The molecule has 2 heterocycles. The van der Waals surface area contributed by atoms with Gasteiger partial charge in [0.15, 0.2) is 5.96 Å². The number of methoxy groups -OCH3 is 1. The average molecular weight is 356 g/mol. The first-order chi connectivity index (χ1) is 11.0. The van der Waals surface area contributed by atoms with Crippen LogP contribution in [-0.4, -0.2) is 29.7 Å². The van der Waals surface area contributed by atoms with Crippen molar-refractivity contribution in [1.29, 1.82) is 0 Å². The summed E-state index contributed by atoms with van der Waals surface area (Å²) in [5.41, 5.74) is 1.82. The molecular weight excluding hydrogens is 337 g/mol. The summed E-state index contributed by atoms with van der Waals surface area (Å²) in [6.45, 7) is 1.08. The van der Waals surface area contributed by atoms with E-state index in [1.54, 1.807) is 20.2 Å². The Kier molecular flexibility index (Phi) is 6.12. The van der Waals surface area contributed by atoms with Crippen molar-refractivity contribution in [1.82, 2.24) is 20.2 Å². The maximum absolute atomic E-state index is 6.05. The number of rotatable bonds is 5. The lowest BCUT2D eigenvalue weighted by Crippen LogP contribution is -2.36. The molecule has 0 fully saturated rings. The van der Waals surface area contributed by atoms with E-state index in [9.17, 15) is 0 Å². The Labute approximate surface area is 145 Å². The molecule has 2 N–H and O–H groups in total. The van der Waals surface area contributed by atoms with Gasteiger partial charge in [0.2, 0.25) is 5.88 Å². The topological polar surface area (TPSA) is 63.5 Å². The lowest BCUT2D eigenvalue weighted by molar-refractivity contribution is 0.396. The lowest BCUT2D eigenvalue weighted by atomic mass is 10.3. The first kappa shape index (κ1) is 17.4. The van der Waals surface area contributed by atoms with E-state index >= 15 is 0 Å². The van der Waals surface area contributed by atoms with Crippen molar-refractivity contribution in [3.05, 3.63) is 45.8 Å². The highest BCUT2D eigenvalue weighted by atomic mass is 35.5. The van der Waals surface area contributed by atoms with Crippen molar-refractivity contribution in [2.24, 2.45) is 12.0 Å². The molecule has 0 radical (unpaired) electrons. The lowest BCUT2D eigenvalue weighted by Gasteiger charge is -2.12. The van der Waals surface area contributed by atoms with Gasteiger partial charge in [-0.2, -0.15) is 0 Å². The molecule has 124 valence electrons. The minimum Gasteiger partial charge on any atom is -0.481 e. The summed E-state index contributed by atoms with van der Waals surface area (Å²) in [5.74, 6) is 1.24. The highest BCUT2D eigenvalue weighted by Crippen LogP contribution is 2.24. The number of hydrogen-bond acceptors (Lipinski definition) is 3. The molecule has 0 aliphatic rings. The summed E-state index contributed by atoms with van der Waals surface area (Å²) >= 11 is 12.1. The van der Waals surface area contributed by atoms with Gasteiger partial charge in [0.25, 0.3) is 0 Å². The summed E-state index contributed by atoms with van der Waals surface area (Å²) in [6.07, 6.45) is 0. The van der Waals surface area contributed by atoms with Gasteiger partial charge >= 0.3 is 0 Å². The molecule has 2 rings (SSSR count). The van der Waals surface area contributed by atoms with Crippen LogP contribution in [-0.2, 0) is 20.1 Å². The van der Waals surface area contributed by atoms with Crippen molar-refractivity contribution in [2.45, 2.75) is 13.1 Å². The SMILES string of the molecule is CN=C(NCc1cccc(OC)n1)NCc1cc(Cl)c(Cl)n1C. The molecule has 0 spiro atoms. The number of hydrogen-bond donors (Lipinski definition) is 2. The molecule has 0 aliphatic heterocycles. The Morgan fingerprint density at radius 2 is 2.04 bits per heavy atom. The zero-order valence-electron chi connectivity index (χ0n) is 13.2. The Hall–Kier alpha value is -1.92. The molecule has 0 atom stereocenters. The molecule has 8 heteroatoms. The Morgan fingerprint density at radius 1 is 1.30 bits per heavy atom. The van der Waals surface area contributed by atoms with Gasteiger partial charge in [0.05, 0.1) is 30.9 Å². The first-order valence-electron chi connectivity index (χ1n) is 6.99.